The summed E-state index contributed by atoms with van der Waals surface area (Å²) in [5.41, 5.74) is 7.87. The lowest BCUT2D eigenvalue weighted by Crippen LogP contribution is -2.18. The normalized spacial score (nSPS) is 11.2. The van der Waals surface area contributed by atoms with Gasteiger partial charge in [0.2, 0.25) is 10.0 Å². The molecule has 0 aliphatic heterocycles. The average Bonchev–Trinajstić information content (AvgIpc) is 2.62. The number of nitrogens with one attached hydrogen (secondary N) is 1. The molecule has 0 unspecified atom stereocenters. The molecule has 0 radical (unpaired) electrons. The summed E-state index contributed by atoms with van der Waals surface area (Å²) in [5.74, 6) is -1.91. The number of sulfonamides is 1. The fourth-order valence-corrected chi connectivity index (χ4v) is 3.02. The number of aryl methyl sites for hydroxylation is 1. The number of carbonyl (C=O) groups is 1. The largest absolute Gasteiger partial charge is 0.382 e. The van der Waals surface area contributed by atoms with E-state index in [1.807, 2.05) is 31.2 Å². The molecule has 1 heterocycles. The molecule has 0 aliphatic carbocycles. The average molecular weight is 401 g/mol. The molecule has 0 saturated carbocycles. The zero-order chi connectivity index (χ0) is 20.5. The van der Waals surface area contributed by atoms with E-state index in [-0.39, 0.29) is 17.2 Å². The van der Waals surface area contributed by atoms with Crippen LogP contribution in [0.15, 0.2) is 53.6 Å². The van der Waals surface area contributed by atoms with Gasteiger partial charge in [-0.05, 0) is 25.1 Å². The van der Waals surface area contributed by atoms with Crippen molar-refractivity contribution >= 4 is 27.4 Å². The number of nitrogen functional groups attached to an aromatic ring is 1. The minimum absolute atomic E-state index is 0.0110. The molecule has 0 spiro atoms. The molecule has 8 nitrogen and oxygen atoms in total. The van der Waals surface area contributed by atoms with Gasteiger partial charge in [-0.25, -0.2) is 27.9 Å². The van der Waals surface area contributed by atoms with Crippen LogP contribution in [0.1, 0.15) is 16.1 Å². The summed E-state index contributed by atoms with van der Waals surface area (Å²) in [6.07, 6.45) is 1.44. The van der Waals surface area contributed by atoms with Crippen LogP contribution >= 0.6 is 0 Å². The van der Waals surface area contributed by atoms with Gasteiger partial charge in [0.15, 0.2) is 11.5 Å². The lowest BCUT2D eigenvalue weighted by Gasteiger charge is -2.09. The van der Waals surface area contributed by atoms with Crippen LogP contribution in [-0.4, -0.2) is 24.3 Å². The Morgan fingerprint density at radius 1 is 1.14 bits per heavy atom. The van der Waals surface area contributed by atoms with Crippen molar-refractivity contribution in [3.05, 3.63) is 65.7 Å². The van der Waals surface area contributed by atoms with Gasteiger partial charge in [-0.1, -0.05) is 29.8 Å². The van der Waals surface area contributed by atoms with Crippen LogP contribution in [0.25, 0.3) is 11.3 Å². The van der Waals surface area contributed by atoms with Crippen LogP contribution in [0.3, 0.4) is 0 Å². The molecule has 5 N–H and O–H groups in total. The number of nitrogens with zero attached hydrogens (tertiary/aromatic N) is 2. The number of hydrogen-bond donors (Lipinski definition) is 3. The molecule has 2 aromatic carbocycles. The quantitative estimate of drug-likeness (QED) is 0.611. The molecule has 1 aromatic heterocycles. The molecule has 10 heteroatoms. The third kappa shape index (κ3) is 4.13. The number of nitrogens with two attached hydrogens (primary N) is 2. The van der Waals surface area contributed by atoms with Crippen LogP contribution in [-0.2, 0) is 10.0 Å². The van der Waals surface area contributed by atoms with Crippen molar-refractivity contribution in [3.8, 4) is 11.3 Å². The Morgan fingerprint density at radius 3 is 2.43 bits per heavy atom. The zero-order valence-electron chi connectivity index (χ0n) is 14.7. The number of hydrogen-bond acceptors (Lipinski definition) is 6. The van der Waals surface area contributed by atoms with Crippen molar-refractivity contribution in [1.82, 2.24) is 9.97 Å². The molecule has 0 bridgehead atoms. The van der Waals surface area contributed by atoms with Crippen LogP contribution < -0.4 is 16.2 Å². The van der Waals surface area contributed by atoms with Gasteiger partial charge in [0.1, 0.15) is 10.7 Å². The van der Waals surface area contributed by atoms with E-state index < -0.39 is 26.6 Å². The van der Waals surface area contributed by atoms with Crippen molar-refractivity contribution < 1.29 is 17.6 Å². The van der Waals surface area contributed by atoms with E-state index in [0.717, 1.165) is 23.3 Å². The second-order valence-corrected chi connectivity index (χ2v) is 7.53. The monoisotopic (exact) mass is 401 g/mol. The van der Waals surface area contributed by atoms with E-state index in [0.29, 0.717) is 5.69 Å². The van der Waals surface area contributed by atoms with Gasteiger partial charge in [0.25, 0.3) is 5.91 Å². The maximum absolute atomic E-state index is 13.9. The van der Waals surface area contributed by atoms with Crippen molar-refractivity contribution in [2.24, 2.45) is 5.14 Å². The van der Waals surface area contributed by atoms with Gasteiger partial charge in [-0.2, -0.15) is 0 Å². The molecular weight excluding hydrogens is 385 g/mol. The number of primary sulfonamides is 1. The van der Waals surface area contributed by atoms with Crippen LogP contribution in [0.5, 0.6) is 0 Å². The van der Waals surface area contributed by atoms with Gasteiger partial charge in [0.05, 0.1) is 11.9 Å². The highest BCUT2D eigenvalue weighted by Crippen LogP contribution is 2.21. The molecular formula is C18H16FN5O3S. The first-order valence-electron chi connectivity index (χ1n) is 7.98. The molecule has 3 aromatic rings. The van der Waals surface area contributed by atoms with Crippen LogP contribution in [0, 0.1) is 12.7 Å². The number of benzene rings is 2. The lowest BCUT2D eigenvalue weighted by molar-refractivity contribution is 0.102. The number of rotatable bonds is 4. The predicted octanol–water partition coefficient (Wildman–Crippen LogP) is 2.07. The smallest absolute Gasteiger partial charge is 0.278 e. The Labute approximate surface area is 160 Å². The Hall–Kier alpha value is -3.37. The van der Waals surface area contributed by atoms with Crippen molar-refractivity contribution in [3.63, 3.8) is 0 Å². The zero-order valence-corrected chi connectivity index (χ0v) is 15.5. The van der Waals surface area contributed by atoms with E-state index in [4.69, 9.17) is 10.9 Å². The van der Waals surface area contributed by atoms with Gasteiger partial charge >= 0.3 is 0 Å². The fourth-order valence-electron chi connectivity index (χ4n) is 2.43. The molecule has 144 valence electrons. The number of aromatic nitrogens is 2. The van der Waals surface area contributed by atoms with Crippen molar-refractivity contribution in [1.29, 1.82) is 0 Å². The SMILES string of the molecule is Cc1ccc(-c2cnc(N)c(C(=O)Nc3ccc(S(N)(=O)=O)c(F)c3)n2)cc1. The summed E-state index contributed by atoms with van der Waals surface area (Å²) < 4.78 is 36.5. The van der Waals surface area contributed by atoms with Crippen LogP contribution in [0.4, 0.5) is 15.9 Å². The first-order valence-corrected chi connectivity index (χ1v) is 9.53. The topological polar surface area (TPSA) is 141 Å². The molecule has 0 saturated heterocycles. The summed E-state index contributed by atoms with van der Waals surface area (Å²) in [6.45, 7) is 1.94. The molecule has 0 aliphatic rings. The van der Waals surface area contributed by atoms with Crippen molar-refractivity contribution in [2.45, 2.75) is 11.8 Å². The van der Waals surface area contributed by atoms with E-state index in [2.05, 4.69) is 15.3 Å². The third-order valence-corrected chi connectivity index (χ3v) is 4.80. The van der Waals surface area contributed by atoms with Crippen molar-refractivity contribution in [2.75, 3.05) is 11.1 Å². The first-order chi connectivity index (χ1) is 13.1. The summed E-state index contributed by atoms with van der Waals surface area (Å²) >= 11 is 0. The molecule has 0 atom stereocenters. The number of anilines is 2. The molecule has 28 heavy (non-hydrogen) atoms. The Kier molecular flexibility index (Phi) is 5.08. The second kappa shape index (κ2) is 7.33. The third-order valence-electron chi connectivity index (χ3n) is 3.86. The van der Waals surface area contributed by atoms with Crippen LogP contribution in [0.2, 0.25) is 0 Å². The molecule has 0 fully saturated rings. The van der Waals surface area contributed by atoms with Gasteiger partial charge in [-0.3, -0.25) is 4.79 Å². The van der Waals surface area contributed by atoms with Gasteiger partial charge in [0, 0.05) is 11.3 Å². The summed E-state index contributed by atoms with van der Waals surface area (Å²) in [6, 6.07) is 10.4. The highest BCUT2D eigenvalue weighted by atomic mass is 32.2. The molecule has 1 amide bonds. The predicted molar refractivity (Wildman–Crippen MR) is 102 cm³/mol. The summed E-state index contributed by atoms with van der Waals surface area (Å²) in [5, 5.41) is 7.32. The lowest BCUT2D eigenvalue weighted by atomic mass is 10.1. The number of carbonyl (C=O) groups excluding carboxylic acids is 1. The molecule has 3 rings (SSSR count). The minimum atomic E-state index is -4.21. The summed E-state index contributed by atoms with van der Waals surface area (Å²) in [4.78, 5) is 20.1. The van der Waals surface area contributed by atoms with Gasteiger partial charge < -0.3 is 11.1 Å². The Bertz CT molecular complexity index is 1160. The fraction of sp³-hybridized carbons (Fsp3) is 0.0556. The Balaban J connectivity index is 1.89. The standard InChI is InChI=1S/C18H16FN5O3S/c1-10-2-4-11(5-3-10)14-9-22-17(20)16(24-14)18(25)23-12-6-7-15(13(19)8-12)28(21,26)27/h2-9H,1H3,(H2,20,22)(H,23,25)(H2,21,26,27). The number of halogens is 1. The van der Waals surface area contributed by atoms with E-state index in [1.54, 1.807) is 0 Å². The highest BCUT2D eigenvalue weighted by Gasteiger charge is 2.18. The Morgan fingerprint density at radius 2 is 1.82 bits per heavy atom. The highest BCUT2D eigenvalue weighted by molar-refractivity contribution is 7.89. The van der Waals surface area contributed by atoms with Gasteiger partial charge in [-0.15, -0.1) is 0 Å². The minimum Gasteiger partial charge on any atom is -0.382 e. The van der Waals surface area contributed by atoms with E-state index >= 15 is 0 Å². The maximum atomic E-state index is 13.9. The number of amides is 1. The second-order valence-electron chi connectivity index (χ2n) is 6.00. The summed E-state index contributed by atoms with van der Waals surface area (Å²) in [7, 11) is -4.21. The first kappa shape index (κ1) is 19.4. The van der Waals surface area contributed by atoms with E-state index in [9.17, 15) is 17.6 Å². The van der Waals surface area contributed by atoms with E-state index in [1.165, 1.54) is 12.3 Å². The maximum Gasteiger partial charge on any atom is 0.278 e.